The second-order valence-electron chi connectivity index (χ2n) is 4.96. The van der Waals surface area contributed by atoms with E-state index in [9.17, 15) is 5.11 Å². The smallest absolute Gasteiger partial charge is 0.0632 e. The largest absolute Gasteiger partial charge is 0.390 e. The van der Waals surface area contributed by atoms with Gasteiger partial charge in [-0.1, -0.05) is 0 Å². The minimum absolute atomic E-state index is 0.458. The van der Waals surface area contributed by atoms with E-state index in [4.69, 9.17) is 0 Å². The molecule has 0 spiro atoms. The van der Waals surface area contributed by atoms with Gasteiger partial charge in [-0.25, -0.2) is 0 Å². The number of aromatic nitrogens is 2. The van der Waals surface area contributed by atoms with E-state index in [0.717, 1.165) is 45.4 Å². The fourth-order valence-corrected chi connectivity index (χ4v) is 2.22. The Bertz CT molecular complexity index is 308. The Morgan fingerprint density at radius 3 is 2.94 bits per heavy atom. The van der Waals surface area contributed by atoms with Crippen LogP contribution in [0, 0.1) is 0 Å². The lowest BCUT2D eigenvalue weighted by molar-refractivity contribution is 0.0445. The monoisotopic (exact) mass is 223 g/mol. The number of aliphatic hydroxyl groups is 1. The lowest BCUT2D eigenvalue weighted by atomic mass is 9.98. The molecule has 1 aliphatic heterocycles. The van der Waals surface area contributed by atoms with Crippen LogP contribution in [0.2, 0.25) is 0 Å². The molecular formula is C12H21N3O. The molecule has 0 amide bonds. The molecule has 1 fully saturated rings. The normalized spacial score (nSPS) is 27.9. The Morgan fingerprint density at radius 1 is 1.31 bits per heavy atom. The summed E-state index contributed by atoms with van der Waals surface area (Å²) < 4.78 is 1.96. The molecule has 4 nitrogen and oxygen atoms in total. The van der Waals surface area contributed by atoms with Crippen molar-refractivity contribution in [3.63, 3.8) is 0 Å². The maximum atomic E-state index is 9.98. The molecular weight excluding hydrogens is 202 g/mol. The second-order valence-corrected chi connectivity index (χ2v) is 4.96. The molecule has 0 bridgehead atoms. The summed E-state index contributed by atoms with van der Waals surface area (Å²) in [6.07, 6.45) is 6.70. The number of nitrogens with zero attached hydrogens (tertiary/aromatic N) is 3. The van der Waals surface area contributed by atoms with Gasteiger partial charge in [0.05, 0.1) is 12.1 Å². The highest BCUT2D eigenvalue weighted by Gasteiger charge is 2.24. The molecule has 1 saturated heterocycles. The number of rotatable bonds is 3. The molecule has 1 unspecified atom stereocenters. The summed E-state index contributed by atoms with van der Waals surface area (Å²) in [6, 6.07) is 1.95. The molecule has 2 heterocycles. The van der Waals surface area contributed by atoms with Crippen molar-refractivity contribution in [2.75, 3.05) is 19.6 Å². The summed E-state index contributed by atoms with van der Waals surface area (Å²) in [5.41, 5.74) is -0.458. The highest BCUT2D eigenvalue weighted by molar-refractivity contribution is 4.80. The van der Waals surface area contributed by atoms with Crippen molar-refractivity contribution in [3.8, 4) is 0 Å². The minimum Gasteiger partial charge on any atom is -0.390 e. The third-order valence-electron chi connectivity index (χ3n) is 3.36. The predicted molar refractivity (Wildman–Crippen MR) is 63.1 cm³/mol. The van der Waals surface area contributed by atoms with Crippen molar-refractivity contribution < 1.29 is 5.11 Å². The Kier molecular flexibility index (Phi) is 3.61. The van der Waals surface area contributed by atoms with Crippen LogP contribution in [0.3, 0.4) is 0 Å². The summed E-state index contributed by atoms with van der Waals surface area (Å²) in [7, 11) is 0. The van der Waals surface area contributed by atoms with E-state index < -0.39 is 5.60 Å². The van der Waals surface area contributed by atoms with E-state index >= 15 is 0 Å². The molecule has 0 aliphatic carbocycles. The summed E-state index contributed by atoms with van der Waals surface area (Å²) >= 11 is 0. The number of hydrogen-bond donors (Lipinski definition) is 1. The van der Waals surface area contributed by atoms with Gasteiger partial charge in [-0.15, -0.1) is 0 Å². The van der Waals surface area contributed by atoms with Crippen LogP contribution in [-0.2, 0) is 6.54 Å². The molecule has 1 aromatic rings. The minimum atomic E-state index is -0.458. The first-order chi connectivity index (χ1) is 7.66. The summed E-state index contributed by atoms with van der Waals surface area (Å²) in [6.45, 7) is 6.00. The molecule has 1 aromatic heterocycles. The average Bonchev–Trinajstić information content (AvgIpc) is 2.68. The first-order valence-electron chi connectivity index (χ1n) is 6.08. The molecule has 2 rings (SSSR count). The highest BCUT2D eigenvalue weighted by atomic mass is 16.3. The van der Waals surface area contributed by atoms with E-state index in [-0.39, 0.29) is 0 Å². The highest BCUT2D eigenvalue weighted by Crippen LogP contribution is 2.21. The third-order valence-corrected chi connectivity index (χ3v) is 3.36. The first-order valence-corrected chi connectivity index (χ1v) is 6.08. The van der Waals surface area contributed by atoms with Crippen LogP contribution in [0.4, 0.5) is 0 Å². The van der Waals surface area contributed by atoms with Crippen LogP contribution in [-0.4, -0.2) is 45.0 Å². The van der Waals surface area contributed by atoms with Crippen LogP contribution < -0.4 is 0 Å². The van der Waals surface area contributed by atoms with Crippen LogP contribution in [0.15, 0.2) is 18.5 Å². The Hall–Kier alpha value is -0.870. The van der Waals surface area contributed by atoms with Crippen molar-refractivity contribution >= 4 is 0 Å². The van der Waals surface area contributed by atoms with E-state index in [0.29, 0.717) is 0 Å². The maximum Gasteiger partial charge on any atom is 0.0632 e. The van der Waals surface area contributed by atoms with Gasteiger partial charge in [-0.3, -0.25) is 4.68 Å². The van der Waals surface area contributed by atoms with Gasteiger partial charge >= 0.3 is 0 Å². The van der Waals surface area contributed by atoms with Gasteiger partial charge in [-0.05, 0) is 38.8 Å². The fourth-order valence-electron chi connectivity index (χ4n) is 2.22. The van der Waals surface area contributed by atoms with Gasteiger partial charge in [0.15, 0.2) is 0 Å². The Morgan fingerprint density at radius 2 is 2.19 bits per heavy atom. The van der Waals surface area contributed by atoms with Gasteiger partial charge in [0.2, 0.25) is 0 Å². The molecule has 1 atom stereocenters. The molecule has 1 N–H and O–H groups in total. The lowest BCUT2D eigenvalue weighted by Gasteiger charge is -2.22. The molecule has 16 heavy (non-hydrogen) atoms. The predicted octanol–water partition coefficient (Wildman–Crippen LogP) is 1.12. The standard InChI is InChI=1S/C12H21N3O/c1-12(16)4-2-7-14(9-5-12)10-11-15-8-3-6-13-15/h3,6,8,16H,2,4-5,7,9-11H2,1H3. The fraction of sp³-hybridized carbons (Fsp3) is 0.750. The van der Waals surface area contributed by atoms with E-state index in [1.54, 1.807) is 0 Å². The van der Waals surface area contributed by atoms with Gasteiger partial charge in [0, 0.05) is 25.5 Å². The molecule has 0 aromatic carbocycles. The van der Waals surface area contributed by atoms with E-state index in [1.165, 1.54) is 0 Å². The molecule has 0 saturated carbocycles. The summed E-state index contributed by atoms with van der Waals surface area (Å²) in [4.78, 5) is 2.42. The topological polar surface area (TPSA) is 41.3 Å². The van der Waals surface area contributed by atoms with Gasteiger partial charge in [0.25, 0.3) is 0 Å². The Labute approximate surface area is 96.9 Å². The first kappa shape index (κ1) is 11.6. The number of hydrogen-bond acceptors (Lipinski definition) is 3. The molecule has 4 heteroatoms. The average molecular weight is 223 g/mol. The van der Waals surface area contributed by atoms with Crippen LogP contribution in [0.25, 0.3) is 0 Å². The lowest BCUT2D eigenvalue weighted by Crippen LogP contribution is -2.30. The maximum absolute atomic E-state index is 9.98. The third kappa shape index (κ3) is 3.32. The van der Waals surface area contributed by atoms with Gasteiger partial charge in [0.1, 0.15) is 0 Å². The van der Waals surface area contributed by atoms with Crippen molar-refractivity contribution in [1.82, 2.24) is 14.7 Å². The second kappa shape index (κ2) is 4.97. The van der Waals surface area contributed by atoms with E-state index in [2.05, 4.69) is 10.00 Å². The molecule has 90 valence electrons. The number of likely N-dealkylation sites (tertiary alicyclic amines) is 1. The van der Waals surface area contributed by atoms with Crippen LogP contribution >= 0.6 is 0 Å². The molecule has 0 radical (unpaired) electrons. The van der Waals surface area contributed by atoms with Crippen LogP contribution in [0.5, 0.6) is 0 Å². The van der Waals surface area contributed by atoms with Gasteiger partial charge in [-0.2, -0.15) is 5.10 Å². The van der Waals surface area contributed by atoms with Crippen molar-refractivity contribution in [3.05, 3.63) is 18.5 Å². The van der Waals surface area contributed by atoms with Crippen LogP contribution in [0.1, 0.15) is 26.2 Å². The zero-order chi connectivity index (χ0) is 11.4. The zero-order valence-corrected chi connectivity index (χ0v) is 9.97. The van der Waals surface area contributed by atoms with E-state index in [1.807, 2.05) is 30.1 Å². The SMILES string of the molecule is CC1(O)CCCN(CCn2cccn2)CC1. The summed E-state index contributed by atoms with van der Waals surface area (Å²) in [5, 5.41) is 14.2. The van der Waals surface area contributed by atoms with Crippen molar-refractivity contribution in [2.45, 2.75) is 38.3 Å². The quantitative estimate of drug-likeness (QED) is 0.835. The molecule has 1 aliphatic rings. The summed E-state index contributed by atoms with van der Waals surface area (Å²) in [5.74, 6) is 0. The van der Waals surface area contributed by atoms with Gasteiger partial charge < -0.3 is 10.0 Å². The zero-order valence-electron chi connectivity index (χ0n) is 9.97. The Balaban J connectivity index is 1.78. The van der Waals surface area contributed by atoms with Crippen molar-refractivity contribution in [1.29, 1.82) is 0 Å². The van der Waals surface area contributed by atoms with Crippen molar-refractivity contribution in [2.24, 2.45) is 0 Å².